The highest BCUT2D eigenvalue weighted by Gasteiger charge is 2.43. The number of aromatic nitrogens is 4. The SMILES string of the molecule is Nc1nc(F)nc2c1ncn2C1CC(O)C(COP(=O)(O)OP(=O)(O)OP(=O)(O)O)O1. The van der Waals surface area contributed by atoms with Crippen molar-refractivity contribution in [1.82, 2.24) is 19.5 Å². The number of halogens is 1. The van der Waals surface area contributed by atoms with E-state index in [2.05, 4.69) is 28.1 Å². The van der Waals surface area contributed by atoms with Crippen molar-refractivity contribution in [2.45, 2.75) is 24.9 Å². The standard InChI is InChI=1S/C10H15FN5O12P3/c11-10-14-8(12)7-9(15-10)16(3-13-7)6-1-4(17)5(26-6)2-25-30(21,22)28-31(23,24)27-29(18,19)20/h3-6,17H,1-2H2,(H,21,22)(H,23,24)(H2,12,14,15)(H2,18,19,20). The number of rotatable bonds is 8. The zero-order valence-corrected chi connectivity index (χ0v) is 17.6. The quantitative estimate of drug-likeness (QED) is 0.194. The maximum absolute atomic E-state index is 13.5. The number of nitrogens with two attached hydrogens (primary N) is 1. The van der Waals surface area contributed by atoms with Gasteiger partial charge in [0.25, 0.3) is 0 Å². The van der Waals surface area contributed by atoms with Crippen LogP contribution in [0.15, 0.2) is 6.33 Å². The molecule has 1 saturated heterocycles. The molecule has 3 heterocycles. The third kappa shape index (κ3) is 6.10. The Morgan fingerprint density at radius 2 is 1.87 bits per heavy atom. The summed E-state index contributed by atoms with van der Waals surface area (Å²) in [7, 11) is -16.6. The molecule has 5 atom stereocenters. The highest BCUT2D eigenvalue weighted by molar-refractivity contribution is 7.66. The monoisotopic (exact) mass is 509 g/mol. The van der Waals surface area contributed by atoms with Gasteiger partial charge in [0.15, 0.2) is 17.0 Å². The maximum atomic E-state index is 13.5. The Kier molecular flexibility index (Phi) is 6.66. The predicted octanol–water partition coefficient (Wildman–Crippen LogP) is -0.461. The van der Waals surface area contributed by atoms with Crippen LogP contribution in [0, 0.1) is 6.08 Å². The second-order valence-corrected chi connectivity index (χ2v) is 10.4. The minimum atomic E-state index is -5.68. The van der Waals surface area contributed by atoms with Crippen molar-refractivity contribution in [3.05, 3.63) is 12.4 Å². The van der Waals surface area contributed by atoms with E-state index >= 15 is 0 Å². The molecule has 0 spiro atoms. The summed E-state index contributed by atoms with van der Waals surface area (Å²) in [6.07, 6.45) is -3.62. The lowest BCUT2D eigenvalue weighted by atomic mass is 10.2. The van der Waals surface area contributed by atoms with Gasteiger partial charge in [-0.2, -0.15) is 23.0 Å². The van der Waals surface area contributed by atoms with Crippen molar-refractivity contribution in [2.75, 3.05) is 12.3 Å². The molecule has 31 heavy (non-hydrogen) atoms. The molecule has 0 amide bonds. The molecular weight excluding hydrogens is 494 g/mol. The Labute approximate surface area is 171 Å². The van der Waals surface area contributed by atoms with Crippen LogP contribution in [0.25, 0.3) is 11.2 Å². The van der Waals surface area contributed by atoms with Gasteiger partial charge in [-0.1, -0.05) is 0 Å². The number of phosphoric acid groups is 3. The number of imidazole rings is 1. The van der Waals surface area contributed by atoms with E-state index in [-0.39, 0.29) is 23.4 Å². The fraction of sp³-hybridized carbons (Fsp3) is 0.500. The Bertz CT molecular complexity index is 1120. The Balaban J connectivity index is 1.66. The van der Waals surface area contributed by atoms with Crippen LogP contribution >= 0.6 is 23.5 Å². The van der Waals surface area contributed by atoms with Crippen LogP contribution in [0.1, 0.15) is 12.6 Å². The fourth-order valence-electron chi connectivity index (χ4n) is 2.63. The van der Waals surface area contributed by atoms with Crippen molar-refractivity contribution in [3.63, 3.8) is 0 Å². The number of aliphatic hydroxyl groups excluding tert-OH is 1. The largest absolute Gasteiger partial charge is 0.490 e. The highest BCUT2D eigenvalue weighted by atomic mass is 31.3. The van der Waals surface area contributed by atoms with Gasteiger partial charge < -0.3 is 35.2 Å². The van der Waals surface area contributed by atoms with Crippen LogP contribution in [0.5, 0.6) is 0 Å². The van der Waals surface area contributed by atoms with Crippen molar-refractivity contribution in [1.29, 1.82) is 0 Å². The van der Waals surface area contributed by atoms with Gasteiger partial charge in [0.1, 0.15) is 12.3 Å². The number of fused-ring (bicyclic) bond motifs is 1. The molecule has 1 fully saturated rings. The number of hydrogen-bond acceptors (Lipinski definition) is 12. The van der Waals surface area contributed by atoms with Gasteiger partial charge in [-0.3, -0.25) is 9.09 Å². The summed E-state index contributed by atoms with van der Waals surface area (Å²) < 4.78 is 65.4. The highest BCUT2D eigenvalue weighted by Crippen LogP contribution is 2.66. The number of phosphoric ester groups is 1. The molecule has 21 heteroatoms. The Morgan fingerprint density at radius 3 is 2.52 bits per heavy atom. The minimum Gasteiger partial charge on any atom is -0.390 e. The molecule has 0 saturated carbocycles. The van der Waals surface area contributed by atoms with Gasteiger partial charge >= 0.3 is 29.5 Å². The molecule has 0 aromatic carbocycles. The van der Waals surface area contributed by atoms with E-state index in [4.69, 9.17) is 25.2 Å². The first-order valence-electron chi connectivity index (χ1n) is 7.93. The number of nitrogen functional groups attached to an aromatic ring is 1. The van der Waals surface area contributed by atoms with Crippen molar-refractivity contribution in [3.8, 4) is 0 Å². The zero-order chi connectivity index (χ0) is 23.2. The number of ether oxygens (including phenoxy) is 1. The molecule has 1 aliphatic heterocycles. The number of anilines is 1. The number of hydrogen-bond donors (Lipinski definition) is 6. The van der Waals surface area contributed by atoms with E-state index in [1.165, 1.54) is 10.9 Å². The normalized spacial score (nSPS) is 26.1. The van der Waals surface area contributed by atoms with E-state index in [0.29, 0.717) is 0 Å². The summed E-state index contributed by atoms with van der Waals surface area (Å²) in [5, 5.41) is 10.1. The van der Waals surface area contributed by atoms with Gasteiger partial charge in [-0.15, -0.1) is 0 Å². The molecule has 0 radical (unpaired) electrons. The molecular formula is C10H15FN5O12P3. The lowest BCUT2D eigenvalue weighted by molar-refractivity contribution is -0.0423. The molecule has 7 N–H and O–H groups in total. The summed E-state index contributed by atoms with van der Waals surface area (Å²) >= 11 is 0. The molecule has 2 aromatic rings. The van der Waals surface area contributed by atoms with Gasteiger partial charge in [0.2, 0.25) is 0 Å². The van der Waals surface area contributed by atoms with Gasteiger partial charge in [-0.25, -0.2) is 18.7 Å². The average Bonchev–Trinajstić information content (AvgIpc) is 3.13. The van der Waals surface area contributed by atoms with E-state index in [0.717, 1.165) is 0 Å². The van der Waals surface area contributed by atoms with Crippen molar-refractivity contribution >= 4 is 40.4 Å². The first kappa shape index (κ1) is 24.3. The lowest BCUT2D eigenvalue weighted by Gasteiger charge is -2.19. The van der Waals surface area contributed by atoms with Crippen LogP contribution in [-0.4, -0.2) is 63.0 Å². The summed E-state index contributed by atoms with van der Waals surface area (Å²) in [5.41, 5.74) is 5.58. The summed E-state index contributed by atoms with van der Waals surface area (Å²) in [6, 6.07) is 0. The van der Waals surface area contributed by atoms with E-state index < -0.39 is 54.6 Å². The van der Waals surface area contributed by atoms with Gasteiger partial charge in [-0.05, 0) is 0 Å². The third-order valence-corrected chi connectivity index (χ3v) is 7.56. The molecule has 3 rings (SSSR count). The molecule has 0 aliphatic carbocycles. The lowest BCUT2D eigenvalue weighted by Crippen LogP contribution is -2.26. The summed E-state index contributed by atoms with van der Waals surface area (Å²) in [6.45, 7) is -0.862. The second kappa shape index (κ2) is 8.51. The molecule has 5 unspecified atom stereocenters. The predicted molar refractivity (Wildman–Crippen MR) is 94.0 cm³/mol. The van der Waals surface area contributed by atoms with Crippen LogP contribution in [0.2, 0.25) is 0 Å². The van der Waals surface area contributed by atoms with Gasteiger partial charge in [0, 0.05) is 6.42 Å². The first-order chi connectivity index (χ1) is 14.2. The minimum absolute atomic E-state index is 0.0456. The Morgan fingerprint density at radius 1 is 1.19 bits per heavy atom. The molecule has 17 nitrogen and oxygen atoms in total. The van der Waals surface area contributed by atoms with Crippen LogP contribution in [0.4, 0.5) is 10.2 Å². The topological polar surface area (TPSA) is 259 Å². The van der Waals surface area contributed by atoms with E-state index in [9.17, 15) is 28.1 Å². The number of nitrogens with zero attached hydrogens (tertiary/aromatic N) is 4. The third-order valence-electron chi connectivity index (χ3n) is 3.75. The summed E-state index contributed by atoms with van der Waals surface area (Å²) in [5.74, 6) is -0.232. The summed E-state index contributed by atoms with van der Waals surface area (Å²) in [4.78, 5) is 46.3. The second-order valence-electron chi connectivity index (χ2n) is 6.02. The molecule has 0 bridgehead atoms. The smallest absolute Gasteiger partial charge is 0.390 e. The maximum Gasteiger partial charge on any atom is 0.490 e. The average molecular weight is 509 g/mol. The van der Waals surface area contributed by atoms with Crippen molar-refractivity contribution in [2.24, 2.45) is 0 Å². The van der Waals surface area contributed by atoms with Gasteiger partial charge in [0.05, 0.1) is 19.0 Å². The molecule has 1 aliphatic rings. The van der Waals surface area contributed by atoms with Crippen LogP contribution in [-0.2, 0) is 31.6 Å². The Hall–Kier alpha value is -1.39. The molecule has 174 valence electrons. The molecule has 2 aromatic heterocycles. The number of aliphatic hydroxyl groups is 1. The van der Waals surface area contributed by atoms with E-state index in [1.807, 2.05) is 0 Å². The van der Waals surface area contributed by atoms with Crippen molar-refractivity contribution < 1.29 is 60.6 Å². The fourth-order valence-corrected chi connectivity index (χ4v) is 5.66. The first-order valence-corrected chi connectivity index (χ1v) is 12.5. The zero-order valence-electron chi connectivity index (χ0n) is 14.9. The van der Waals surface area contributed by atoms with Crippen LogP contribution in [0.3, 0.4) is 0 Å². The van der Waals surface area contributed by atoms with Crippen LogP contribution < -0.4 is 5.73 Å². The van der Waals surface area contributed by atoms with E-state index in [1.54, 1.807) is 0 Å².